The second kappa shape index (κ2) is 11.8. The van der Waals surface area contributed by atoms with Crippen LogP contribution in [0.5, 0.6) is 0 Å². The summed E-state index contributed by atoms with van der Waals surface area (Å²) < 4.78 is 0. The van der Waals surface area contributed by atoms with E-state index in [9.17, 15) is 0 Å². The molecular weight excluding hydrogens is 312 g/mol. The Morgan fingerprint density at radius 2 is 1.27 bits per heavy atom. The summed E-state index contributed by atoms with van der Waals surface area (Å²) in [6.45, 7) is 22.3. The molecule has 0 aromatic carbocycles. The van der Waals surface area contributed by atoms with E-state index in [1.54, 1.807) is 0 Å². The third-order valence-corrected chi connectivity index (χ3v) is 8.62. The van der Waals surface area contributed by atoms with Crippen molar-refractivity contribution >= 4 is 0 Å². The second-order valence-electron chi connectivity index (χ2n) is 10.2. The number of rotatable bonds is 13. The molecule has 0 nitrogen and oxygen atoms in total. The highest BCUT2D eigenvalue weighted by atomic mass is 14.5. The van der Waals surface area contributed by atoms with Crippen molar-refractivity contribution in [1.29, 1.82) is 0 Å². The average Bonchev–Trinajstić information content (AvgIpc) is 2.58. The van der Waals surface area contributed by atoms with Crippen molar-refractivity contribution in [3.05, 3.63) is 0 Å². The van der Waals surface area contributed by atoms with E-state index in [4.69, 9.17) is 0 Å². The maximum Gasteiger partial charge on any atom is -0.0324 e. The molecule has 1 aliphatic rings. The van der Waals surface area contributed by atoms with Gasteiger partial charge in [0.05, 0.1) is 0 Å². The fourth-order valence-corrected chi connectivity index (χ4v) is 6.34. The fourth-order valence-electron chi connectivity index (χ4n) is 6.34. The molecule has 0 N–H and O–H groups in total. The highest BCUT2D eigenvalue weighted by molar-refractivity contribution is 4.95. The third kappa shape index (κ3) is 5.75. The van der Waals surface area contributed by atoms with Gasteiger partial charge < -0.3 is 0 Å². The van der Waals surface area contributed by atoms with E-state index in [-0.39, 0.29) is 0 Å². The Hall–Kier alpha value is 0. The molecule has 0 heterocycles. The summed E-state index contributed by atoms with van der Waals surface area (Å²) in [5.41, 5.74) is 0. The number of hydrogen-bond donors (Lipinski definition) is 0. The van der Waals surface area contributed by atoms with Gasteiger partial charge in [-0.1, -0.05) is 101 Å². The molecule has 0 saturated heterocycles. The first-order valence-corrected chi connectivity index (χ1v) is 12.3. The molecule has 1 rings (SSSR count). The molecule has 7 unspecified atom stereocenters. The molecule has 0 aromatic rings. The Morgan fingerprint density at radius 1 is 0.731 bits per heavy atom. The fraction of sp³-hybridized carbons (Fsp3) is 1.00. The van der Waals surface area contributed by atoms with Crippen molar-refractivity contribution in [1.82, 2.24) is 0 Å². The average molecular weight is 365 g/mol. The Labute approximate surface area is 167 Å². The first-order valence-electron chi connectivity index (χ1n) is 12.3. The van der Waals surface area contributed by atoms with E-state index in [1.165, 1.54) is 51.4 Å². The Morgan fingerprint density at radius 3 is 1.65 bits per heavy atom. The highest BCUT2D eigenvalue weighted by Crippen LogP contribution is 2.54. The normalized spacial score (nSPS) is 26.4. The van der Waals surface area contributed by atoms with Crippen molar-refractivity contribution < 1.29 is 0 Å². The zero-order valence-electron chi connectivity index (χ0n) is 19.9. The van der Waals surface area contributed by atoms with Gasteiger partial charge >= 0.3 is 0 Å². The lowest BCUT2D eigenvalue weighted by Gasteiger charge is -2.53. The minimum Gasteiger partial charge on any atom is -0.0654 e. The first-order chi connectivity index (χ1) is 12.3. The Bertz CT molecular complexity index is 353. The van der Waals surface area contributed by atoms with Gasteiger partial charge in [-0.05, 0) is 66.1 Å². The van der Waals surface area contributed by atoms with Crippen molar-refractivity contribution in [2.24, 2.45) is 53.3 Å². The van der Waals surface area contributed by atoms with Crippen molar-refractivity contribution in [3.63, 3.8) is 0 Å². The van der Waals surface area contributed by atoms with E-state index < -0.39 is 0 Å². The maximum absolute atomic E-state index is 2.63. The molecule has 1 aliphatic carbocycles. The van der Waals surface area contributed by atoms with Gasteiger partial charge in [0.2, 0.25) is 0 Å². The van der Waals surface area contributed by atoms with Crippen LogP contribution in [-0.4, -0.2) is 0 Å². The van der Waals surface area contributed by atoms with Crippen LogP contribution in [0.3, 0.4) is 0 Å². The summed E-state index contributed by atoms with van der Waals surface area (Å²) >= 11 is 0. The molecular formula is C26H52. The predicted octanol–water partition coefficient (Wildman–Crippen LogP) is 8.85. The topological polar surface area (TPSA) is 0 Å². The molecule has 0 spiro atoms. The lowest BCUT2D eigenvalue weighted by atomic mass is 9.52. The van der Waals surface area contributed by atoms with E-state index in [0.717, 1.165) is 53.3 Å². The Kier molecular flexibility index (Phi) is 10.9. The quantitative estimate of drug-likeness (QED) is 0.306. The van der Waals surface area contributed by atoms with Crippen molar-refractivity contribution in [2.45, 2.75) is 114 Å². The minimum atomic E-state index is 0.838. The third-order valence-electron chi connectivity index (χ3n) is 8.62. The summed E-state index contributed by atoms with van der Waals surface area (Å²) in [6, 6.07) is 0. The highest BCUT2D eigenvalue weighted by Gasteiger charge is 2.46. The summed E-state index contributed by atoms with van der Waals surface area (Å²) in [5.74, 6) is 8.35. The van der Waals surface area contributed by atoms with Crippen LogP contribution in [0.25, 0.3) is 0 Å². The molecule has 0 amide bonds. The van der Waals surface area contributed by atoms with E-state index in [2.05, 4.69) is 62.3 Å². The van der Waals surface area contributed by atoms with Gasteiger partial charge in [0.1, 0.15) is 0 Å². The van der Waals surface area contributed by atoms with Crippen LogP contribution in [0, 0.1) is 53.3 Å². The van der Waals surface area contributed by atoms with Crippen LogP contribution in [-0.2, 0) is 0 Å². The zero-order chi connectivity index (χ0) is 19.9. The lowest BCUT2D eigenvalue weighted by Crippen LogP contribution is -2.46. The van der Waals surface area contributed by atoms with Crippen LogP contribution in [0.1, 0.15) is 114 Å². The molecule has 0 bridgehead atoms. The molecule has 156 valence electrons. The number of hydrogen-bond acceptors (Lipinski definition) is 0. The molecule has 1 fully saturated rings. The molecule has 0 aromatic heterocycles. The van der Waals surface area contributed by atoms with Gasteiger partial charge in [-0.15, -0.1) is 0 Å². The van der Waals surface area contributed by atoms with Crippen LogP contribution in [0.4, 0.5) is 0 Å². The largest absolute Gasteiger partial charge is 0.0654 e. The van der Waals surface area contributed by atoms with Crippen molar-refractivity contribution in [2.75, 3.05) is 0 Å². The van der Waals surface area contributed by atoms with Gasteiger partial charge in [-0.3, -0.25) is 0 Å². The van der Waals surface area contributed by atoms with Crippen LogP contribution in [0.2, 0.25) is 0 Å². The van der Waals surface area contributed by atoms with Crippen LogP contribution < -0.4 is 0 Å². The molecule has 0 aliphatic heterocycles. The molecule has 26 heavy (non-hydrogen) atoms. The molecule has 0 radical (unpaired) electrons. The maximum atomic E-state index is 2.63. The smallest absolute Gasteiger partial charge is 0.0324 e. The van der Waals surface area contributed by atoms with Gasteiger partial charge in [-0.2, -0.15) is 0 Å². The van der Waals surface area contributed by atoms with Gasteiger partial charge in [0.15, 0.2) is 0 Å². The summed E-state index contributed by atoms with van der Waals surface area (Å²) in [6.07, 6.45) is 11.3. The molecule has 7 atom stereocenters. The monoisotopic (exact) mass is 364 g/mol. The summed E-state index contributed by atoms with van der Waals surface area (Å²) in [4.78, 5) is 0. The molecule has 1 saturated carbocycles. The summed E-state index contributed by atoms with van der Waals surface area (Å²) in [7, 11) is 0. The van der Waals surface area contributed by atoms with Gasteiger partial charge in [0, 0.05) is 0 Å². The van der Waals surface area contributed by atoms with E-state index in [0.29, 0.717) is 0 Å². The SMILES string of the molecule is CCCC(C)C(C)C(C(CCC)C(CC)CC)C1CCC1C(C)C(C)C. The van der Waals surface area contributed by atoms with Crippen molar-refractivity contribution in [3.8, 4) is 0 Å². The van der Waals surface area contributed by atoms with Crippen LogP contribution in [0.15, 0.2) is 0 Å². The zero-order valence-corrected chi connectivity index (χ0v) is 19.9. The van der Waals surface area contributed by atoms with Crippen LogP contribution >= 0.6 is 0 Å². The second-order valence-corrected chi connectivity index (χ2v) is 10.2. The molecule has 0 heteroatoms. The van der Waals surface area contributed by atoms with Gasteiger partial charge in [-0.25, -0.2) is 0 Å². The van der Waals surface area contributed by atoms with Gasteiger partial charge in [0.25, 0.3) is 0 Å². The van der Waals surface area contributed by atoms with E-state index >= 15 is 0 Å². The minimum absolute atomic E-state index is 0.838. The lowest BCUT2D eigenvalue weighted by molar-refractivity contribution is -0.0386. The predicted molar refractivity (Wildman–Crippen MR) is 119 cm³/mol. The van der Waals surface area contributed by atoms with E-state index in [1.807, 2.05) is 0 Å². The first kappa shape index (κ1) is 24.0. The Balaban J connectivity index is 3.15. The summed E-state index contributed by atoms with van der Waals surface area (Å²) in [5, 5.41) is 0. The standard InChI is InChI=1S/C26H52/c1-10-14-19(7)21(9)26(24(15-11-2)22(12-3)13-4)25-17-16-23(25)20(8)18(5)6/h18-26H,10-17H2,1-9H3.